The Kier molecular flexibility index (Phi) is 4.14. The number of hydrogen-bond donors (Lipinski definition) is 3. The van der Waals surface area contributed by atoms with E-state index < -0.39 is 0 Å². The maximum absolute atomic E-state index is 3.58. The highest BCUT2D eigenvalue weighted by Crippen LogP contribution is 2.22. The maximum atomic E-state index is 3.58. The van der Waals surface area contributed by atoms with Crippen molar-refractivity contribution in [1.29, 1.82) is 0 Å². The Hall–Kier alpha value is -1.20. The first-order chi connectivity index (χ1) is 8.56. The van der Waals surface area contributed by atoms with E-state index in [1.54, 1.807) is 0 Å². The van der Waals surface area contributed by atoms with Crippen molar-refractivity contribution >= 4 is 0 Å². The van der Waals surface area contributed by atoms with E-state index in [4.69, 9.17) is 0 Å². The molecule has 0 aliphatic carbocycles. The fraction of sp³-hybridized carbons (Fsp3) is 0.692. The third-order valence-corrected chi connectivity index (χ3v) is 3.23. The molecule has 0 spiro atoms. The molecule has 2 rings (SSSR count). The molecule has 5 heteroatoms. The molecule has 0 amide bonds. The molecule has 102 valence electrons. The first kappa shape index (κ1) is 13.2. The second kappa shape index (κ2) is 5.63. The Labute approximate surface area is 110 Å². The van der Waals surface area contributed by atoms with Crippen molar-refractivity contribution in [3.05, 3.63) is 23.2 Å². The summed E-state index contributed by atoms with van der Waals surface area (Å²) >= 11 is 0. The highest BCUT2D eigenvalue weighted by atomic mass is 15.5. The number of nitrogens with one attached hydrogen (secondary N) is 3. The lowest BCUT2D eigenvalue weighted by atomic mass is 9.99. The van der Waals surface area contributed by atoms with Crippen LogP contribution in [0.1, 0.15) is 13.3 Å². The molecule has 5 nitrogen and oxygen atoms in total. The van der Waals surface area contributed by atoms with E-state index in [1.165, 1.54) is 11.1 Å². The predicted molar refractivity (Wildman–Crippen MR) is 74.6 cm³/mol. The maximum Gasteiger partial charge on any atom is 0.123 e. The van der Waals surface area contributed by atoms with Gasteiger partial charge in [-0.15, -0.1) is 0 Å². The first-order valence-corrected chi connectivity index (χ1v) is 6.62. The van der Waals surface area contributed by atoms with Crippen molar-refractivity contribution < 1.29 is 0 Å². The molecule has 1 atom stereocenters. The van der Waals surface area contributed by atoms with E-state index in [9.17, 15) is 0 Å². The summed E-state index contributed by atoms with van der Waals surface area (Å²) in [5.74, 6) is 1.15. The standard InChI is InChI=1S/C13H25N5/c1-10(8-17(2)3)15-13-12-7-14-6-5-11(12)9-18(4)16-13/h9-10,14-16H,5-8H2,1-4H3. The van der Waals surface area contributed by atoms with Gasteiger partial charge in [-0.05, 0) is 39.6 Å². The van der Waals surface area contributed by atoms with Crippen LogP contribution in [0.5, 0.6) is 0 Å². The van der Waals surface area contributed by atoms with Gasteiger partial charge in [-0.25, -0.2) is 0 Å². The van der Waals surface area contributed by atoms with Crippen LogP contribution in [0.4, 0.5) is 0 Å². The first-order valence-electron chi connectivity index (χ1n) is 6.62. The molecule has 0 aromatic heterocycles. The molecule has 2 heterocycles. The van der Waals surface area contributed by atoms with E-state index in [1.807, 2.05) is 12.1 Å². The van der Waals surface area contributed by atoms with E-state index in [0.717, 1.165) is 31.9 Å². The SMILES string of the molecule is CC(CN(C)C)NC1=C2CNCCC2=CN(C)N1. The summed E-state index contributed by atoms with van der Waals surface area (Å²) in [6, 6.07) is 0.421. The van der Waals surface area contributed by atoms with Crippen LogP contribution in [0.15, 0.2) is 23.2 Å². The van der Waals surface area contributed by atoms with Gasteiger partial charge in [-0.1, -0.05) is 0 Å². The lowest BCUT2D eigenvalue weighted by Gasteiger charge is -2.34. The molecule has 2 aliphatic rings. The van der Waals surface area contributed by atoms with Gasteiger partial charge in [0.1, 0.15) is 5.82 Å². The van der Waals surface area contributed by atoms with Crippen LogP contribution in [0.25, 0.3) is 0 Å². The van der Waals surface area contributed by atoms with Gasteiger partial charge in [-0.3, -0.25) is 10.4 Å². The van der Waals surface area contributed by atoms with E-state index in [-0.39, 0.29) is 0 Å². The Morgan fingerprint density at radius 1 is 1.50 bits per heavy atom. The predicted octanol–water partition coefficient (Wildman–Crippen LogP) is 0.0649. The van der Waals surface area contributed by atoms with E-state index >= 15 is 0 Å². The molecule has 1 saturated heterocycles. The summed E-state index contributed by atoms with van der Waals surface area (Å²) in [7, 11) is 6.25. The molecule has 0 aromatic carbocycles. The molecule has 18 heavy (non-hydrogen) atoms. The van der Waals surface area contributed by atoms with Crippen molar-refractivity contribution in [2.24, 2.45) is 0 Å². The lowest BCUT2D eigenvalue weighted by molar-refractivity contribution is 0.308. The minimum absolute atomic E-state index is 0.421. The summed E-state index contributed by atoms with van der Waals surface area (Å²) < 4.78 is 0. The normalized spacial score (nSPS) is 21.4. The molecular formula is C13H25N5. The molecule has 1 unspecified atom stereocenters. The van der Waals surface area contributed by atoms with Crippen LogP contribution in [0.3, 0.4) is 0 Å². The number of rotatable bonds is 4. The number of hydrazine groups is 1. The number of nitrogens with zero attached hydrogens (tertiary/aromatic N) is 2. The Bertz CT molecular complexity index is 358. The highest BCUT2D eigenvalue weighted by Gasteiger charge is 2.21. The molecule has 3 N–H and O–H groups in total. The second-order valence-corrected chi connectivity index (χ2v) is 5.47. The average molecular weight is 251 g/mol. The van der Waals surface area contributed by atoms with Gasteiger partial charge in [0.25, 0.3) is 0 Å². The topological polar surface area (TPSA) is 42.6 Å². The monoisotopic (exact) mass is 251 g/mol. The molecule has 0 saturated carbocycles. The van der Waals surface area contributed by atoms with E-state index in [0.29, 0.717) is 6.04 Å². The van der Waals surface area contributed by atoms with Crippen LogP contribution in [-0.4, -0.2) is 56.7 Å². The van der Waals surface area contributed by atoms with Crippen molar-refractivity contribution in [2.75, 3.05) is 40.8 Å². The Balaban J connectivity index is 2.09. The molecule has 0 radical (unpaired) electrons. The quantitative estimate of drug-likeness (QED) is 0.660. The summed E-state index contributed by atoms with van der Waals surface area (Å²) in [6.45, 7) is 5.26. The van der Waals surface area contributed by atoms with Gasteiger partial charge in [0.05, 0.1) is 0 Å². The smallest absolute Gasteiger partial charge is 0.123 e. The molecule has 2 aliphatic heterocycles. The van der Waals surface area contributed by atoms with Crippen molar-refractivity contribution in [3.8, 4) is 0 Å². The van der Waals surface area contributed by atoms with Gasteiger partial charge in [0, 0.05) is 38.0 Å². The number of likely N-dealkylation sites (N-methyl/N-ethyl adjacent to an activating group) is 1. The minimum Gasteiger partial charge on any atom is -0.367 e. The molecule has 0 bridgehead atoms. The number of piperidine rings is 1. The highest BCUT2D eigenvalue weighted by molar-refractivity contribution is 5.39. The molecular weight excluding hydrogens is 226 g/mol. The minimum atomic E-state index is 0.421. The summed E-state index contributed by atoms with van der Waals surface area (Å²) in [5, 5.41) is 9.06. The van der Waals surface area contributed by atoms with Crippen molar-refractivity contribution in [2.45, 2.75) is 19.4 Å². The third kappa shape index (κ3) is 3.17. The largest absolute Gasteiger partial charge is 0.367 e. The molecule has 1 fully saturated rings. The molecule has 0 aromatic rings. The number of hydrogen-bond acceptors (Lipinski definition) is 5. The summed E-state index contributed by atoms with van der Waals surface area (Å²) in [5.41, 5.74) is 6.21. The van der Waals surface area contributed by atoms with Gasteiger partial charge in [-0.2, -0.15) is 0 Å². The van der Waals surface area contributed by atoms with Gasteiger partial charge in [0.2, 0.25) is 0 Å². The Morgan fingerprint density at radius 2 is 2.28 bits per heavy atom. The van der Waals surface area contributed by atoms with Gasteiger partial charge < -0.3 is 15.5 Å². The van der Waals surface area contributed by atoms with E-state index in [2.05, 4.69) is 48.2 Å². The van der Waals surface area contributed by atoms with Gasteiger partial charge in [0.15, 0.2) is 0 Å². The van der Waals surface area contributed by atoms with Crippen molar-refractivity contribution in [3.63, 3.8) is 0 Å². The fourth-order valence-corrected chi connectivity index (χ4v) is 2.56. The van der Waals surface area contributed by atoms with Gasteiger partial charge >= 0.3 is 0 Å². The Morgan fingerprint density at radius 3 is 3.00 bits per heavy atom. The van der Waals surface area contributed by atoms with Crippen LogP contribution in [0, 0.1) is 0 Å². The van der Waals surface area contributed by atoms with Crippen LogP contribution in [-0.2, 0) is 0 Å². The van der Waals surface area contributed by atoms with Crippen LogP contribution in [0.2, 0.25) is 0 Å². The second-order valence-electron chi connectivity index (χ2n) is 5.47. The lowest BCUT2D eigenvalue weighted by Crippen LogP contribution is -2.47. The van der Waals surface area contributed by atoms with Crippen LogP contribution < -0.4 is 16.1 Å². The van der Waals surface area contributed by atoms with Crippen molar-refractivity contribution in [1.82, 2.24) is 26.0 Å². The fourth-order valence-electron chi connectivity index (χ4n) is 2.56. The summed E-state index contributed by atoms with van der Waals surface area (Å²) in [6.07, 6.45) is 3.30. The van der Waals surface area contributed by atoms with Crippen LogP contribution >= 0.6 is 0 Å². The summed E-state index contributed by atoms with van der Waals surface area (Å²) in [4.78, 5) is 2.20. The average Bonchev–Trinajstić information content (AvgIpc) is 2.27. The zero-order valence-corrected chi connectivity index (χ0v) is 11.9. The zero-order chi connectivity index (χ0) is 13.1. The zero-order valence-electron chi connectivity index (χ0n) is 11.9. The third-order valence-electron chi connectivity index (χ3n) is 3.23. The number of fused-ring (bicyclic) bond motifs is 1.